The number of nitrogens with zero attached hydrogens (tertiary/aromatic N) is 2. The number of hydrogen-bond donors (Lipinski definition) is 1. The van der Waals surface area contributed by atoms with Crippen LogP contribution in [0.1, 0.15) is 17.0 Å². The summed E-state index contributed by atoms with van der Waals surface area (Å²) in [6, 6.07) is 3.67. The molecule has 2 rings (SSSR count). The highest BCUT2D eigenvalue weighted by atomic mass is 19.1. The SMILES string of the molecule is Cc1noc(C)c1CNc1ccc(F)c([N+](=O)[O-])c1. The molecule has 0 atom stereocenters. The lowest BCUT2D eigenvalue weighted by Crippen LogP contribution is -2.02. The van der Waals surface area contributed by atoms with Crippen LogP contribution in [0.3, 0.4) is 0 Å². The lowest BCUT2D eigenvalue weighted by Gasteiger charge is -2.06. The van der Waals surface area contributed by atoms with E-state index in [1.54, 1.807) is 13.8 Å². The summed E-state index contributed by atoms with van der Waals surface area (Å²) in [4.78, 5) is 9.87. The Morgan fingerprint density at radius 3 is 2.79 bits per heavy atom. The van der Waals surface area contributed by atoms with Crippen molar-refractivity contribution >= 4 is 11.4 Å². The van der Waals surface area contributed by atoms with Crippen LogP contribution in [0.4, 0.5) is 15.8 Å². The number of aromatic nitrogens is 1. The molecule has 7 heteroatoms. The monoisotopic (exact) mass is 265 g/mol. The standard InChI is InChI=1S/C12H12FN3O3/c1-7-10(8(2)19-15-7)6-14-9-3-4-11(13)12(5-9)16(17)18/h3-5,14H,6H2,1-2H3. The molecule has 1 heterocycles. The van der Waals surface area contributed by atoms with Gasteiger partial charge in [0, 0.05) is 23.9 Å². The number of hydrogen-bond acceptors (Lipinski definition) is 5. The minimum Gasteiger partial charge on any atom is -0.381 e. The number of benzene rings is 1. The fourth-order valence-corrected chi connectivity index (χ4v) is 1.71. The van der Waals surface area contributed by atoms with Gasteiger partial charge < -0.3 is 9.84 Å². The van der Waals surface area contributed by atoms with Crippen molar-refractivity contribution in [1.82, 2.24) is 5.16 Å². The lowest BCUT2D eigenvalue weighted by atomic mass is 10.2. The molecule has 0 saturated carbocycles. The molecular weight excluding hydrogens is 253 g/mol. The molecule has 0 unspecified atom stereocenters. The molecule has 0 fully saturated rings. The summed E-state index contributed by atoms with van der Waals surface area (Å²) >= 11 is 0. The minimum absolute atomic E-state index is 0.407. The van der Waals surface area contributed by atoms with Crippen molar-refractivity contribution in [3.05, 3.63) is 51.1 Å². The molecule has 1 aromatic carbocycles. The van der Waals surface area contributed by atoms with E-state index in [4.69, 9.17) is 4.52 Å². The summed E-state index contributed by atoms with van der Waals surface area (Å²) in [5.41, 5.74) is 1.55. The molecular formula is C12H12FN3O3. The Hall–Kier alpha value is -2.44. The topological polar surface area (TPSA) is 81.2 Å². The van der Waals surface area contributed by atoms with Crippen molar-refractivity contribution < 1.29 is 13.8 Å². The molecule has 19 heavy (non-hydrogen) atoms. The third kappa shape index (κ3) is 2.70. The number of halogens is 1. The van der Waals surface area contributed by atoms with Crippen LogP contribution in [0.5, 0.6) is 0 Å². The first-order chi connectivity index (χ1) is 8.99. The summed E-state index contributed by atoms with van der Waals surface area (Å²) in [6.07, 6.45) is 0. The van der Waals surface area contributed by atoms with Crippen molar-refractivity contribution in [1.29, 1.82) is 0 Å². The molecule has 2 aromatic rings. The van der Waals surface area contributed by atoms with E-state index in [1.165, 1.54) is 6.07 Å². The van der Waals surface area contributed by atoms with Crippen LogP contribution >= 0.6 is 0 Å². The van der Waals surface area contributed by atoms with Gasteiger partial charge in [0.15, 0.2) is 0 Å². The molecule has 0 saturated heterocycles. The van der Waals surface area contributed by atoms with Gasteiger partial charge in [-0.25, -0.2) is 0 Å². The molecule has 0 aliphatic rings. The molecule has 0 radical (unpaired) electrons. The van der Waals surface area contributed by atoms with Gasteiger partial charge in [0.25, 0.3) is 0 Å². The largest absolute Gasteiger partial charge is 0.381 e. The number of nitro benzene ring substituents is 1. The Morgan fingerprint density at radius 1 is 1.47 bits per heavy atom. The Balaban J connectivity index is 2.16. The molecule has 0 aliphatic carbocycles. The van der Waals surface area contributed by atoms with E-state index in [0.717, 1.165) is 23.4 Å². The Labute approximate surface area is 108 Å². The van der Waals surface area contributed by atoms with E-state index < -0.39 is 16.4 Å². The van der Waals surface area contributed by atoms with E-state index in [0.29, 0.717) is 18.0 Å². The first-order valence-electron chi connectivity index (χ1n) is 5.58. The van der Waals surface area contributed by atoms with Gasteiger partial charge in [-0.2, -0.15) is 4.39 Å². The van der Waals surface area contributed by atoms with Crippen LogP contribution in [0, 0.1) is 29.8 Å². The average Bonchev–Trinajstić information content (AvgIpc) is 2.68. The predicted molar refractivity (Wildman–Crippen MR) is 66.4 cm³/mol. The molecule has 100 valence electrons. The number of nitro groups is 1. The first-order valence-corrected chi connectivity index (χ1v) is 5.58. The van der Waals surface area contributed by atoms with Crippen molar-refractivity contribution in [3.63, 3.8) is 0 Å². The van der Waals surface area contributed by atoms with Crippen LogP contribution in [0.25, 0.3) is 0 Å². The lowest BCUT2D eigenvalue weighted by molar-refractivity contribution is -0.387. The summed E-state index contributed by atoms with van der Waals surface area (Å²) in [5, 5.41) is 17.4. The number of rotatable bonds is 4. The molecule has 0 bridgehead atoms. The summed E-state index contributed by atoms with van der Waals surface area (Å²) in [5.74, 6) is -0.172. The molecule has 6 nitrogen and oxygen atoms in total. The maximum Gasteiger partial charge on any atom is 0.306 e. The van der Waals surface area contributed by atoms with Crippen LogP contribution in [0.2, 0.25) is 0 Å². The second-order valence-electron chi connectivity index (χ2n) is 4.08. The Kier molecular flexibility index (Phi) is 3.46. The number of anilines is 1. The zero-order valence-electron chi connectivity index (χ0n) is 10.4. The van der Waals surface area contributed by atoms with Crippen LogP contribution in [-0.2, 0) is 6.54 Å². The van der Waals surface area contributed by atoms with E-state index in [9.17, 15) is 14.5 Å². The molecule has 0 amide bonds. The second-order valence-corrected chi connectivity index (χ2v) is 4.08. The Morgan fingerprint density at radius 2 is 2.21 bits per heavy atom. The Bertz CT molecular complexity index is 605. The molecule has 1 aromatic heterocycles. The fraction of sp³-hybridized carbons (Fsp3) is 0.250. The van der Waals surface area contributed by atoms with Crippen molar-refractivity contribution in [2.75, 3.05) is 5.32 Å². The van der Waals surface area contributed by atoms with Crippen molar-refractivity contribution in [2.24, 2.45) is 0 Å². The highest BCUT2D eigenvalue weighted by molar-refractivity contribution is 5.52. The van der Waals surface area contributed by atoms with Crippen molar-refractivity contribution in [3.8, 4) is 0 Å². The zero-order chi connectivity index (χ0) is 14.0. The summed E-state index contributed by atoms with van der Waals surface area (Å²) in [6.45, 7) is 3.99. The minimum atomic E-state index is -0.854. The highest BCUT2D eigenvalue weighted by Gasteiger charge is 2.15. The second kappa shape index (κ2) is 5.05. The van der Waals surface area contributed by atoms with E-state index in [1.807, 2.05) is 0 Å². The zero-order valence-corrected chi connectivity index (χ0v) is 10.4. The normalized spacial score (nSPS) is 10.5. The summed E-state index contributed by atoms with van der Waals surface area (Å²) < 4.78 is 18.2. The third-order valence-corrected chi connectivity index (χ3v) is 2.79. The van der Waals surface area contributed by atoms with E-state index in [-0.39, 0.29) is 0 Å². The summed E-state index contributed by atoms with van der Waals surface area (Å²) in [7, 11) is 0. The highest BCUT2D eigenvalue weighted by Crippen LogP contribution is 2.22. The van der Waals surface area contributed by atoms with E-state index >= 15 is 0 Å². The van der Waals surface area contributed by atoms with Gasteiger partial charge in [0.05, 0.1) is 10.6 Å². The molecule has 0 spiro atoms. The van der Waals surface area contributed by atoms with Crippen LogP contribution < -0.4 is 5.32 Å². The smallest absolute Gasteiger partial charge is 0.306 e. The van der Waals surface area contributed by atoms with Crippen LogP contribution in [-0.4, -0.2) is 10.1 Å². The maximum atomic E-state index is 13.2. The number of nitrogens with one attached hydrogen (secondary N) is 1. The molecule has 0 aliphatic heterocycles. The van der Waals surface area contributed by atoms with Gasteiger partial charge in [0.2, 0.25) is 5.82 Å². The van der Waals surface area contributed by atoms with Gasteiger partial charge in [-0.15, -0.1) is 0 Å². The van der Waals surface area contributed by atoms with E-state index in [2.05, 4.69) is 10.5 Å². The van der Waals surface area contributed by atoms with Gasteiger partial charge >= 0.3 is 5.69 Å². The van der Waals surface area contributed by atoms with Gasteiger partial charge in [-0.05, 0) is 26.0 Å². The van der Waals surface area contributed by atoms with Gasteiger partial charge in [-0.3, -0.25) is 10.1 Å². The molecule has 1 N–H and O–H groups in total. The van der Waals surface area contributed by atoms with Crippen molar-refractivity contribution in [2.45, 2.75) is 20.4 Å². The third-order valence-electron chi connectivity index (χ3n) is 2.79. The quantitative estimate of drug-likeness (QED) is 0.679. The average molecular weight is 265 g/mol. The number of aryl methyl sites for hydroxylation is 2. The van der Waals surface area contributed by atoms with Gasteiger partial charge in [-0.1, -0.05) is 5.16 Å². The van der Waals surface area contributed by atoms with Gasteiger partial charge in [0.1, 0.15) is 5.76 Å². The van der Waals surface area contributed by atoms with Crippen LogP contribution in [0.15, 0.2) is 22.7 Å². The predicted octanol–water partition coefficient (Wildman–Crippen LogP) is 2.95. The first kappa shape index (κ1) is 13.0. The maximum absolute atomic E-state index is 13.2. The fourth-order valence-electron chi connectivity index (χ4n) is 1.71.